The van der Waals surface area contributed by atoms with Crippen LogP contribution in [0.3, 0.4) is 0 Å². The van der Waals surface area contributed by atoms with E-state index in [-0.39, 0.29) is 11.5 Å². The summed E-state index contributed by atoms with van der Waals surface area (Å²) in [6.45, 7) is 3.76. The Balaban J connectivity index is 2.76. The Morgan fingerprint density at radius 1 is 1.39 bits per heavy atom. The minimum absolute atomic E-state index is 0.111. The van der Waals surface area contributed by atoms with Crippen LogP contribution in [0.2, 0.25) is 0 Å². The van der Waals surface area contributed by atoms with Crippen molar-refractivity contribution in [2.75, 3.05) is 0 Å². The Kier molecular flexibility index (Phi) is 5.78. The van der Waals surface area contributed by atoms with Gasteiger partial charge in [-0.1, -0.05) is 32.0 Å². The molecule has 0 unspecified atom stereocenters. The van der Waals surface area contributed by atoms with E-state index in [2.05, 4.69) is 5.32 Å². The molecule has 0 spiro atoms. The summed E-state index contributed by atoms with van der Waals surface area (Å²) < 4.78 is 13.5. The topological polar surface area (TPSA) is 49.3 Å². The molecule has 0 fully saturated rings. The molecule has 0 saturated heterocycles. The Labute approximate surface area is 107 Å². The highest BCUT2D eigenvalue weighted by atomic mass is 19.1. The third-order valence-electron chi connectivity index (χ3n) is 2.87. The Morgan fingerprint density at radius 3 is 2.61 bits per heavy atom. The predicted molar refractivity (Wildman–Crippen MR) is 68.5 cm³/mol. The maximum atomic E-state index is 13.5. The number of nitrogens with one attached hydrogen (secondary N) is 1. The average Bonchev–Trinajstić information content (AvgIpc) is 2.36. The van der Waals surface area contributed by atoms with Crippen molar-refractivity contribution in [2.45, 2.75) is 45.3 Å². The van der Waals surface area contributed by atoms with E-state index in [4.69, 9.17) is 0 Å². The van der Waals surface area contributed by atoms with Gasteiger partial charge in [0, 0.05) is 12.0 Å². The summed E-state index contributed by atoms with van der Waals surface area (Å²) in [7, 11) is 0. The molecule has 18 heavy (non-hydrogen) atoms. The highest BCUT2D eigenvalue weighted by molar-refractivity contribution is 5.76. The summed E-state index contributed by atoms with van der Waals surface area (Å²) >= 11 is 0. The van der Waals surface area contributed by atoms with E-state index in [1.165, 1.54) is 12.1 Å². The largest absolute Gasteiger partial charge is 0.386 e. The van der Waals surface area contributed by atoms with Gasteiger partial charge in [0.1, 0.15) is 11.9 Å². The van der Waals surface area contributed by atoms with Gasteiger partial charge in [0.05, 0.1) is 6.04 Å². The summed E-state index contributed by atoms with van der Waals surface area (Å²) in [4.78, 5) is 11.5. The van der Waals surface area contributed by atoms with E-state index in [1.54, 1.807) is 12.1 Å². The van der Waals surface area contributed by atoms with Crippen LogP contribution in [-0.2, 0) is 4.79 Å². The second kappa shape index (κ2) is 7.11. The number of aliphatic hydroxyl groups is 1. The second-order valence-electron chi connectivity index (χ2n) is 4.30. The summed E-state index contributed by atoms with van der Waals surface area (Å²) in [6, 6.07) is 5.62. The van der Waals surface area contributed by atoms with Gasteiger partial charge in [0.15, 0.2) is 0 Å². The Bertz CT molecular complexity index is 395. The SMILES string of the molecule is CCCC(=O)N[C@@H](CC)[C@H](O)c1ccccc1F. The average molecular weight is 253 g/mol. The molecule has 0 aliphatic rings. The van der Waals surface area contributed by atoms with E-state index >= 15 is 0 Å². The molecule has 0 radical (unpaired) electrons. The lowest BCUT2D eigenvalue weighted by Gasteiger charge is -2.23. The van der Waals surface area contributed by atoms with Crippen molar-refractivity contribution in [1.29, 1.82) is 0 Å². The number of rotatable bonds is 6. The molecule has 0 bridgehead atoms. The van der Waals surface area contributed by atoms with Gasteiger partial charge in [0.2, 0.25) is 5.91 Å². The van der Waals surface area contributed by atoms with Gasteiger partial charge in [-0.3, -0.25) is 4.79 Å². The van der Waals surface area contributed by atoms with Crippen LogP contribution in [0, 0.1) is 5.82 Å². The van der Waals surface area contributed by atoms with E-state index in [0.717, 1.165) is 6.42 Å². The number of hydrogen-bond acceptors (Lipinski definition) is 2. The van der Waals surface area contributed by atoms with Gasteiger partial charge < -0.3 is 10.4 Å². The normalized spacial score (nSPS) is 14.0. The summed E-state index contributed by atoms with van der Waals surface area (Å²) in [5.74, 6) is -0.562. The fraction of sp³-hybridized carbons (Fsp3) is 0.500. The first-order valence-corrected chi connectivity index (χ1v) is 6.32. The molecule has 0 aliphatic heterocycles. The number of halogens is 1. The lowest BCUT2D eigenvalue weighted by molar-refractivity contribution is -0.122. The van der Waals surface area contributed by atoms with Gasteiger partial charge >= 0.3 is 0 Å². The van der Waals surface area contributed by atoms with Crippen LogP contribution >= 0.6 is 0 Å². The van der Waals surface area contributed by atoms with Crippen molar-refractivity contribution in [3.05, 3.63) is 35.6 Å². The first-order chi connectivity index (χ1) is 8.60. The number of hydrogen-bond donors (Lipinski definition) is 2. The molecule has 3 nitrogen and oxygen atoms in total. The third-order valence-corrected chi connectivity index (χ3v) is 2.87. The van der Waals surface area contributed by atoms with Crippen molar-refractivity contribution >= 4 is 5.91 Å². The lowest BCUT2D eigenvalue weighted by atomic mass is 9.99. The minimum Gasteiger partial charge on any atom is -0.386 e. The summed E-state index contributed by atoms with van der Waals surface area (Å²) in [5.41, 5.74) is 0.223. The number of carbonyl (C=O) groups is 1. The van der Waals surface area contributed by atoms with E-state index in [0.29, 0.717) is 12.8 Å². The smallest absolute Gasteiger partial charge is 0.220 e. The van der Waals surface area contributed by atoms with Crippen LogP contribution in [0.4, 0.5) is 4.39 Å². The zero-order chi connectivity index (χ0) is 13.5. The molecule has 0 heterocycles. The minimum atomic E-state index is -1.02. The highest BCUT2D eigenvalue weighted by Gasteiger charge is 2.23. The summed E-state index contributed by atoms with van der Waals surface area (Å²) in [5, 5.41) is 12.9. The molecule has 0 saturated carbocycles. The Hall–Kier alpha value is -1.42. The molecular formula is C14H20FNO2. The highest BCUT2D eigenvalue weighted by Crippen LogP contribution is 2.21. The van der Waals surface area contributed by atoms with Crippen LogP contribution in [-0.4, -0.2) is 17.1 Å². The molecular weight excluding hydrogens is 233 g/mol. The molecule has 0 aliphatic carbocycles. The van der Waals surface area contributed by atoms with Gasteiger partial charge in [0.25, 0.3) is 0 Å². The van der Waals surface area contributed by atoms with E-state index in [1.807, 2.05) is 13.8 Å². The van der Waals surface area contributed by atoms with Crippen molar-refractivity contribution in [3.63, 3.8) is 0 Å². The van der Waals surface area contributed by atoms with Crippen molar-refractivity contribution < 1.29 is 14.3 Å². The van der Waals surface area contributed by atoms with Crippen LogP contribution in [0.15, 0.2) is 24.3 Å². The number of amides is 1. The van der Waals surface area contributed by atoms with Crippen LogP contribution in [0.1, 0.15) is 44.8 Å². The predicted octanol–water partition coefficient (Wildman–Crippen LogP) is 2.55. The van der Waals surface area contributed by atoms with Gasteiger partial charge in [-0.25, -0.2) is 4.39 Å². The lowest BCUT2D eigenvalue weighted by Crippen LogP contribution is -2.39. The van der Waals surface area contributed by atoms with E-state index < -0.39 is 18.0 Å². The van der Waals surface area contributed by atoms with Crippen molar-refractivity contribution in [3.8, 4) is 0 Å². The molecule has 1 amide bonds. The van der Waals surface area contributed by atoms with Crippen molar-refractivity contribution in [1.82, 2.24) is 5.32 Å². The Morgan fingerprint density at radius 2 is 2.06 bits per heavy atom. The molecule has 100 valence electrons. The standard InChI is InChI=1S/C14H20FNO2/c1-3-7-13(17)16-12(4-2)14(18)10-8-5-6-9-11(10)15/h5-6,8-9,12,14,18H,3-4,7H2,1-2H3,(H,16,17)/t12-,14+/m0/s1. The molecule has 4 heteroatoms. The maximum absolute atomic E-state index is 13.5. The van der Waals surface area contributed by atoms with Gasteiger partial charge in [-0.15, -0.1) is 0 Å². The molecule has 2 atom stereocenters. The molecule has 1 rings (SSSR count). The molecule has 1 aromatic rings. The van der Waals surface area contributed by atoms with Gasteiger partial charge in [-0.05, 0) is 18.9 Å². The van der Waals surface area contributed by atoms with Crippen LogP contribution in [0.25, 0.3) is 0 Å². The van der Waals surface area contributed by atoms with Crippen LogP contribution < -0.4 is 5.32 Å². The summed E-state index contributed by atoms with van der Waals surface area (Å²) in [6.07, 6.45) is 0.695. The monoisotopic (exact) mass is 253 g/mol. The first-order valence-electron chi connectivity index (χ1n) is 6.32. The van der Waals surface area contributed by atoms with Crippen molar-refractivity contribution in [2.24, 2.45) is 0 Å². The zero-order valence-electron chi connectivity index (χ0n) is 10.8. The fourth-order valence-corrected chi connectivity index (χ4v) is 1.84. The van der Waals surface area contributed by atoms with E-state index in [9.17, 15) is 14.3 Å². The zero-order valence-corrected chi connectivity index (χ0v) is 10.8. The third kappa shape index (κ3) is 3.81. The molecule has 0 aromatic heterocycles. The number of carbonyl (C=O) groups excluding carboxylic acids is 1. The number of benzene rings is 1. The molecule has 1 aromatic carbocycles. The van der Waals surface area contributed by atoms with Gasteiger partial charge in [-0.2, -0.15) is 0 Å². The fourth-order valence-electron chi connectivity index (χ4n) is 1.84. The maximum Gasteiger partial charge on any atom is 0.220 e. The first kappa shape index (κ1) is 14.6. The number of aliphatic hydroxyl groups excluding tert-OH is 1. The molecule has 2 N–H and O–H groups in total. The second-order valence-corrected chi connectivity index (χ2v) is 4.30. The van der Waals surface area contributed by atoms with Crippen LogP contribution in [0.5, 0.6) is 0 Å². The quantitative estimate of drug-likeness (QED) is 0.818.